The van der Waals surface area contributed by atoms with Crippen molar-refractivity contribution in [2.45, 2.75) is 50.4 Å². The topological polar surface area (TPSA) is 109 Å². The largest absolute Gasteiger partial charge is 0.333 e. The van der Waals surface area contributed by atoms with Gasteiger partial charge >= 0.3 is 0 Å². The zero-order valence-corrected chi connectivity index (χ0v) is 16.4. The summed E-state index contributed by atoms with van der Waals surface area (Å²) in [5.74, 6) is -0.493. The highest BCUT2D eigenvalue weighted by molar-refractivity contribution is 5.84. The molecule has 2 heterocycles. The van der Waals surface area contributed by atoms with Gasteiger partial charge in [-0.2, -0.15) is 10.4 Å². The molecule has 0 radical (unpaired) electrons. The van der Waals surface area contributed by atoms with Gasteiger partial charge in [0.15, 0.2) is 5.54 Å². The summed E-state index contributed by atoms with van der Waals surface area (Å²) in [6.45, 7) is 2.58. The molecule has 4 N–H and O–H groups in total. The maximum atomic E-state index is 15.0. The number of halogens is 1. The van der Waals surface area contributed by atoms with Crippen molar-refractivity contribution in [3.63, 3.8) is 0 Å². The molecule has 1 aromatic carbocycles. The predicted octanol–water partition coefficient (Wildman–Crippen LogP) is 1.64. The number of rotatable bonds is 6. The third-order valence-corrected chi connectivity index (χ3v) is 6.07. The van der Waals surface area contributed by atoms with Gasteiger partial charge in [-0.05, 0) is 43.7 Å². The van der Waals surface area contributed by atoms with Crippen LogP contribution in [0.1, 0.15) is 31.7 Å². The number of piperidine rings is 1. The Balaban J connectivity index is 1.54. The summed E-state index contributed by atoms with van der Waals surface area (Å²) < 4.78 is 16.7. The van der Waals surface area contributed by atoms with Gasteiger partial charge in [0.25, 0.3) is 0 Å². The SMILES string of the molecule is CC(C#N)(NC(=O)[C@H]1N[C@@H]2CCC1C2)c1ccc(-c2cnn(CCN)c2)cc1F. The zero-order chi connectivity index (χ0) is 20.6. The third kappa shape index (κ3) is 3.63. The molecule has 1 saturated heterocycles. The van der Waals surface area contributed by atoms with E-state index in [4.69, 9.17) is 5.73 Å². The quantitative estimate of drug-likeness (QED) is 0.688. The van der Waals surface area contributed by atoms with Crippen LogP contribution in [0.15, 0.2) is 30.6 Å². The van der Waals surface area contributed by atoms with Crippen LogP contribution in [0, 0.1) is 23.1 Å². The maximum Gasteiger partial charge on any atom is 0.238 e. The highest BCUT2D eigenvalue weighted by Gasteiger charge is 2.44. The van der Waals surface area contributed by atoms with E-state index in [0.717, 1.165) is 24.8 Å². The summed E-state index contributed by atoms with van der Waals surface area (Å²) in [4.78, 5) is 12.8. The molecule has 0 spiro atoms. The molecule has 2 aromatic rings. The lowest BCUT2D eigenvalue weighted by molar-refractivity contribution is -0.125. The average molecular weight is 396 g/mol. The number of carbonyl (C=O) groups excluding carboxylic acids is 1. The summed E-state index contributed by atoms with van der Waals surface area (Å²) in [6.07, 6.45) is 6.54. The van der Waals surface area contributed by atoms with Gasteiger partial charge in [-0.1, -0.05) is 12.1 Å². The minimum Gasteiger partial charge on any atom is -0.333 e. The van der Waals surface area contributed by atoms with Crippen molar-refractivity contribution in [2.75, 3.05) is 6.54 Å². The van der Waals surface area contributed by atoms with Crippen LogP contribution in [0.4, 0.5) is 4.39 Å². The molecular formula is C21H25FN6O. The lowest BCUT2D eigenvalue weighted by atomic mass is 9.90. The lowest BCUT2D eigenvalue weighted by Gasteiger charge is -2.29. The number of nitrogens with two attached hydrogens (primary N) is 1. The molecule has 1 aromatic heterocycles. The first-order chi connectivity index (χ1) is 13.9. The van der Waals surface area contributed by atoms with Crippen molar-refractivity contribution < 1.29 is 9.18 Å². The van der Waals surface area contributed by atoms with Crippen molar-refractivity contribution in [2.24, 2.45) is 11.7 Å². The number of hydrogen-bond donors (Lipinski definition) is 3. The Kier molecular flexibility index (Phi) is 5.11. The molecular weight excluding hydrogens is 371 g/mol. The second kappa shape index (κ2) is 7.58. The first-order valence-corrected chi connectivity index (χ1v) is 9.96. The Morgan fingerprint density at radius 3 is 2.93 bits per heavy atom. The Morgan fingerprint density at radius 2 is 2.31 bits per heavy atom. The summed E-state index contributed by atoms with van der Waals surface area (Å²) in [6, 6.07) is 6.82. The van der Waals surface area contributed by atoms with Crippen LogP contribution in [0.5, 0.6) is 0 Å². The standard InChI is InChI=1S/C21H25FN6O/c1-21(12-24,27-20(29)19-14-2-4-16(8-14)26-19)17-5-3-13(9-18(17)22)15-10-25-28(11-15)7-6-23/h3,5,9-11,14,16,19,26H,2,4,6-8,23H2,1H3,(H,27,29)/t14?,16-,19+,21?/m1/s1. The van der Waals surface area contributed by atoms with Crippen molar-refractivity contribution in [1.29, 1.82) is 5.26 Å². The number of carbonyl (C=O) groups is 1. The first-order valence-electron chi connectivity index (χ1n) is 9.96. The van der Waals surface area contributed by atoms with E-state index < -0.39 is 11.4 Å². The zero-order valence-electron chi connectivity index (χ0n) is 16.4. The van der Waals surface area contributed by atoms with Gasteiger partial charge in [0, 0.05) is 29.9 Å². The van der Waals surface area contributed by atoms with E-state index >= 15 is 0 Å². The third-order valence-electron chi connectivity index (χ3n) is 6.07. The molecule has 2 unspecified atom stereocenters. The second-order valence-electron chi connectivity index (χ2n) is 8.12. The number of hydrogen-bond acceptors (Lipinski definition) is 5. The summed E-state index contributed by atoms with van der Waals surface area (Å²) in [5, 5.41) is 20.0. The molecule has 7 nitrogen and oxygen atoms in total. The van der Waals surface area contributed by atoms with Crippen LogP contribution in [0.3, 0.4) is 0 Å². The molecule has 2 aliphatic rings. The first kappa shape index (κ1) is 19.6. The van der Waals surface area contributed by atoms with E-state index in [2.05, 4.69) is 21.8 Å². The molecule has 8 heteroatoms. The van der Waals surface area contributed by atoms with E-state index in [9.17, 15) is 14.4 Å². The van der Waals surface area contributed by atoms with E-state index in [0.29, 0.717) is 30.6 Å². The van der Waals surface area contributed by atoms with Gasteiger partial charge < -0.3 is 16.4 Å². The molecule has 2 fully saturated rings. The minimum absolute atomic E-state index is 0.148. The van der Waals surface area contributed by atoms with E-state index in [-0.39, 0.29) is 17.5 Å². The molecule has 1 aliphatic heterocycles. The molecule has 2 bridgehead atoms. The minimum atomic E-state index is -1.45. The van der Waals surface area contributed by atoms with Crippen molar-refractivity contribution in [1.82, 2.24) is 20.4 Å². The average Bonchev–Trinajstić information content (AvgIpc) is 3.45. The fourth-order valence-electron chi connectivity index (χ4n) is 4.50. The van der Waals surface area contributed by atoms with Gasteiger partial charge in [0.05, 0.1) is 24.9 Å². The Bertz CT molecular complexity index is 966. The van der Waals surface area contributed by atoms with Gasteiger partial charge in [0.1, 0.15) is 5.82 Å². The van der Waals surface area contributed by atoms with Crippen LogP contribution in [0.25, 0.3) is 11.1 Å². The number of amides is 1. The summed E-state index contributed by atoms with van der Waals surface area (Å²) in [5.41, 5.74) is 5.64. The lowest BCUT2D eigenvalue weighted by Crippen LogP contribution is -2.53. The summed E-state index contributed by atoms with van der Waals surface area (Å²) in [7, 11) is 0. The number of aromatic nitrogens is 2. The highest BCUT2D eigenvalue weighted by atomic mass is 19.1. The smallest absolute Gasteiger partial charge is 0.238 e. The van der Waals surface area contributed by atoms with Gasteiger partial charge in [-0.3, -0.25) is 9.48 Å². The van der Waals surface area contributed by atoms with Gasteiger partial charge in [-0.15, -0.1) is 0 Å². The highest BCUT2D eigenvalue weighted by Crippen LogP contribution is 2.36. The van der Waals surface area contributed by atoms with Crippen molar-refractivity contribution in [3.8, 4) is 17.2 Å². The number of fused-ring (bicyclic) bond motifs is 2. The van der Waals surface area contributed by atoms with E-state index in [1.807, 2.05) is 0 Å². The maximum absolute atomic E-state index is 15.0. The van der Waals surface area contributed by atoms with Crippen LogP contribution in [0.2, 0.25) is 0 Å². The second-order valence-corrected chi connectivity index (χ2v) is 8.12. The number of nitrogens with zero attached hydrogens (tertiary/aromatic N) is 3. The molecule has 152 valence electrons. The molecule has 4 rings (SSSR count). The number of benzene rings is 1. The van der Waals surface area contributed by atoms with Crippen molar-refractivity contribution in [3.05, 3.63) is 42.0 Å². The van der Waals surface area contributed by atoms with Gasteiger partial charge in [-0.25, -0.2) is 4.39 Å². The van der Waals surface area contributed by atoms with E-state index in [1.165, 1.54) is 13.0 Å². The molecule has 4 atom stereocenters. The molecule has 1 amide bonds. The molecule has 1 saturated carbocycles. The normalized spacial score (nSPS) is 24.8. The van der Waals surface area contributed by atoms with Crippen LogP contribution in [-0.4, -0.2) is 34.3 Å². The van der Waals surface area contributed by atoms with Crippen LogP contribution >= 0.6 is 0 Å². The summed E-state index contributed by atoms with van der Waals surface area (Å²) >= 11 is 0. The molecule has 29 heavy (non-hydrogen) atoms. The molecule has 1 aliphatic carbocycles. The van der Waals surface area contributed by atoms with Crippen molar-refractivity contribution >= 4 is 5.91 Å². The fraction of sp³-hybridized carbons (Fsp3) is 0.476. The van der Waals surface area contributed by atoms with Gasteiger partial charge in [0.2, 0.25) is 5.91 Å². The Hall–Kier alpha value is -2.76. The number of nitriles is 1. The predicted molar refractivity (Wildman–Crippen MR) is 106 cm³/mol. The Morgan fingerprint density at radius 1 is 1.48 bits per heavy atom. The fourth-order valence-corrected chi connectivity index (χ4v) is 4.50. The van der Waals surface area contributed by atoms with E-state index in [1.54, 1.807) is 29.2 Å². The van der Waals surface area contributed by atoms with Crippen LogP contribution in [-0.2, 0) is 16.9 Å². The van der Waals surface area contributed by atoms with Crippen LogP contribution < -0.4 is 16.4 Å². The monoisotopic (exact) mass is 396 g/mol. The number of nitrogens with one attached hydrogen (secondary N) is 2. The Labute approximate surface area is 169 Å².